The Morgan fingerprint density at radius 2 is 2.06 bits per heavy atom. The highest BCUT2D eigenvalue weighted by Gasteiger charge is 2.39. The molecule has 0 unspecified atom stereocenters. The first-order valence-electron chi connectivity index (χ1n) is 6.09. The Morgan fingerprint density at radius 3 is 2.72 bits per heavy atom. The summed E-state index contributed by atoms with van der Waals surface area (Å²) in [5, 5.41) is 3.02. The van der Waals surface area contributed by atoms with Crippen LogP contribution in [0.2, 0.25) is 0 Å². The van der Waals surface area contributed by atoms with Crippen LogP contribution in [0.15, 0.2) is 41.9 Å². The van der Waals surface area contributed by atoms with Crippen LogP contribution in [0.25, 0.3) is 0 Å². The molecule has 3 atom stereocenters. The zero-order chi connectivity index (χ0) is 12.5. The van der Waals surface area contributed by atoms with Crippen LogP contribution >= 0.6 is 11.3 Å². The van der Waals surface area contributed by atoms with Gasteiger partial charge in [-0.3, -0.25) is 4.90 Å². The molecule has 1 fully saturated rings. The van der Waals surface area contributed by atoms with Crippen molar-refractivity contribution < 1.29 is 4.74 Å². The van der Waals surface area contributed by atoms with E-state index in [0.29, 0.717) is 6.04 Å². The lowest BCUT2D eigenvalue weighted by atomic mass is 10.0. The van der Waals surface area contributed by atoms with Crippen LogP contribution < -0.4 is 0 Å². The van der Waals surface area contributed by atoms with Crippen molar-refractivity contribution in [2.75, 3.05) is 7.05 Å². The molecule has 0 saturated carbocycles. The Labute approximate surface area is 111 Å². The minimum Gasteiger partial charge on any atom is -0.347 e. The number of hydrogen-bond donors (Lipinski definition) is 0. The van der Waals surface area contributed by atoms with Crippen LogP contribution in [0.4, 0.5) is 0 Å². The van der Waals surface area contributed by atoms with Gasteiger partial charge < -0.3 is 4.74 Å². The highest BCUT2D eigenvalue weighted by molar-refractivity contribution is 7.09. The van der Waals surface area contributed by atoms with Crippen molar-refractivity contribution in [1.82, 2.24) is 9.88 Å². The summed E-state index contributed by atoms with van der Waals surface area (Å²) in [6.07, 6.45) is 1.92. The minimum absolute atomic E-state index is 0.0230. The van der Waals surface area contributed by atoms with E-state index in [-0.39, 0.29) is 12.3 Å². The van der Waals surface area contributed by atoms with Gasteiger partial charge >= 0.3 is 0 Å². The molecule has 4 heteroatoms. The van der Waals surface area contributed by atoms with E-state index in [2.05, 4.69) is 48.1 Å². The number of rotatable bonds is 2. The second-order valence-corrected chi connectivity index (χ2v) is 5.52. The van der Waals surface area contributed by atoms with E-state index < -0.39 is 0 Å². The Hall–Kier alpha value is -1.23. The third-order valence-corrected chi connectivity index (χ3v) is 4.32. The van der Waals surface area contributed by atoms with Crippen LogP contribution in [0.1, 0.15) is 29.8 Å². The maximum atomic E-state index is 6.19. The summed E-state index contributed by atoms with van der Waals surface area (Å²) in [4.78, 5) is 6.61. The van der Waals surface area contributed by atoms with Crippen LogP contribution in [0, 0.1) is 0 Å². The molecule has 0 N–H and O–H groups in total. The van der Waals surface area contributed by atoms with Gasteiger partial charge in [-0.1, -0.05) is 30.3 Å². The molecule has 0 spiro atoms. The van der Waals surface area contributed by atoms with Crippen molar-refractivity contribution in [2.45, 2.75) is 25.3 Å². The fourth-order valence-corrected chi connectivity index (χ4v) is 3.09. The lowest BCUT2D eigenvalue weighted by Crippen LogP contribution is -2.27. The van der Waals surface area contributed by atoms with E-state index in [1.165, 1.54) is 5.56 Å². The van der Waals surface area contributed by atoms with E-state index in [1.807, 2.05) is 17.6 Å². The van der Waals surface area contributed by atoms with Crippen molar-refractivity contribution in [2.24, 2.45) is 0 Å². The molecule has 18 heavy (non-hydrogen) atoms. The molecular weight excluding hydrogens is 244 g/mol. The van der Waals surface area contributed by atoms with Gasteiger partial charge in [0.15, 0.2) is 6.23 Å². The van der Waals surface area contributed by atoms with Crippen molar-refractivity contribution in [1.29, 1.82) is 0 Å². The maximum absolute atomic E-state index is 6.19. The number of likely N-dealkylation sites (N-methyl/N-ethyl adjacent to an activating group) is 1. The summed E-state index contributed by atoms with van der Waals surface area (Å²) in [6, 6.07) is 10.7. The molecule has 1 aliphatic rings. The third-order valence-electron chi connectivity index (χ3n) is 3.52. The van der Waals surface area contributed by atoms with Crippen LogP contribution in [0.5, 0.6) is 0 Å². The Morgan fingerprint density at radius 1 is 1.28 bits per heavy atom. The second kappa shape index (κ2) is 4.80. The van der Waals surface area contributed by atoms with Gasteiger partial charge in [0.1, 0.15) is 11.1 Å². The standard InChI is InChI=1S/C14H16N2OS/c1-10-12(11-6-4-3-5-7-11)17-14(16(10)2)13-15-8-9-18-13/h3-10,12,14H,1-2H3/t10-,12-,14-/m0/s1. The zero-order valence-corrected chi connectivity index (χ0v) is 11.3. The molecule has 2 aromatic rings. The van der Waals surface area contributed by atoms with Crippen molar-refractivity contribution >= 4 is 11.3 Å². The summed E-state index contributed by atoms with van der Waals surface area (Å²) in [5.74, 6) is 0. The van der Waals surface area contributed by atoms with Gasteiger partial charge in [0.2, 0.25) is 0 Å². The highest BCUT2D eigenvalue weighted by atomic mass is 32.1. The maximum Gasteiger partial charge on any atom is 0.164 e. The predicted octanol–water partition coefficient (Wildman–Crippen LogP) is 3.23. The Kier molecular flexibility index (Phi) is 3.16. The van der Waals surface area contributed by atoms with Gasteiger partial charge in [0.25, 0.3) is 0 Å². The van der Waals surface area contributed by atoms with Gasteiger partial charge in [-0.2, -0.15) is 0 Å². The number of thiazole rings is 1. The van der Waals surface area contributed by atoms with E-state index in [0.717, 1.165) is 5.01 Å². The largest absolute Gasteiger partial charge is 0.347 e. The smallest absolute Gasteiger partial charge is 0.164 e. The Balaban J connectivity index is 1.87. The Bertz CT molecular complexity index is 500. The monoisotopic (exact) mass is 260 g/mol. The average Bonchev–Trinajstić information content (AvgIpc) is 3.01. The first-order valence-corrected chi connectivity index (χ1v) is 6.97. The lowest BCUT2D eigenvalue weighted by Gasteiger charge is -2.19. The van der Waals surface area contributed by atoms with Crippen molar-refractivity contribution in [3.05, 3.63) is 52.5 Å². The lowest BCUT2D eigenvalue weighted by molar-refractivity contribution is 0.00546. The predicted molar refractivity (Wildman–Crippen MR) is 72.3 cm³/mol. The summed E-state index contributed by atoms with van der Waals surface area (Å²) in [6.45, 7) is 2.20. The summed E-state index contributed by atoms with van der Waals surface area (Å²) >= 11 is 1.65. The summed E-state index contributed by atoms with van der Waals surface area (Å²) < 4.78 is 6.19. The first-order chi connectivity index (χ1) is 8.77. The van der Waals surface area contributed by atoms with Gasteiger partial charge in [0.05, 0.1) is 0 Å². The van der Waals surface area contributed by atoms with E-state index in [1.54, 1.807) is 11.3 Å². The fraction of sp³-hybridized carbons (Fsp3) is 0.357. The van der Waals surface area contributed by atoms with Crippen molar-refractivity contribution in [3.63, 3.8) is 0 Å². The number of hydrogen-bond acceptors (Lipinski definition) is 4. The van der Waals surface area contributed by atoms with E-state index in [4.69, 9.17) is 4.74 Å². The molecule has 94 valence electrons. The molecule has 0 bridgehead atoms. The molecule has 1 aromatic heterocycles. The number of benzene rings is 1. The molecular formula is C14H16N2OS. The normalized spacial score (nSPS) is 28.7. The quantitative estimate of drug-likeness (QED) is 0.829. The van der Waals surface area contributed by atoms with Crippen LogP contribution in [-0.2, 0) is 4.74 Å². The topological polar surface area (TPSA) is 25.4 Å². The van der Waals surface area contributed by atoms with Gasteiger partial charge in [-0.05, 0) is 19.5 Å². The van der Waals surface area contributed by atoms with Gasteiger partial charge in [-0.25, -0.2) is 4.98 Å². The van der Waals surface area contributed by atoms with Gasteiger partial charge in [0, 0.05) is 17.6 Å². The molecule has 1 aromatic carbocycles. The van der Waals surface area contributed by atoms with Crippen molar-refractivity contribution in [3.8, 4) is 0 Å². The first kappa shape index (κ1) is 11.8. The average molecular weight is 260 g/mol. The summed E-state index contributed by atoms with van der Waals surface area (Å²) in [7, 11) is 2.10. The molecule has 0 amide bonds. The molecule has 3 rings (SSSR count). The second-order valence-electron chi connectivity index (χ2n) is 4.60. The fourth-order valence-electron chi connectivity index (χ4n) is 2.36. The number of ether oxygens (including phenoxy) is 1. The minimum atomic E-state index is -0.0230. The molecule has 1 saturated heterocycles. The molecule has 3 nitrogen and oxygen atoms in total. The SMILES string of the molecule is C[C@H]1[C@@H](c2ccccc2)O[C@@H](c2nccs2)N1C. The molecule has 1 aliphatic heterocycles. The zero-order valence-electron chi connectivity index (χ0n) is 10.5. The summed E-state index contributed by atoms with van der Waals surface area (Å²) in [5.41, 5.74) is 1.23. The van der Waals surface area contributed by atoms with E-state index >= 15 is 0 Å². The van der Waals surface area contributed by atoms with Crippen LogP contribution in [0.3, 0.4) is 0 Å². The molecule has 0 aliphatic carbocycles. The highest BCUT2D eigenvalue weighted by Crippen LogP contribution is 2.41. The molecule has 2 heterocycles. The van der Waals surface area contributed by atoms with Gasteiger partial charge in [-0.15, -0.1) is 11.3 Å². The third kappa shape index (κ3) is 1.96. The number of nitrogens with zero attached hydrogens (tertiary/aromatic N) is 2. The van der Waals surface area contributed by atoms with E-state index in [9.17, 15) is 0 Å². The number of aromatic nitrogens is 1. The van der Waals surface area contributed by atoms with Crippen LogP contribution in [-0.4, -0.2) is 23.0 Å². The molecule has 0 radical (unpaired) electrons.